The lowest BCUT2D eigenvalue weighted by Crippen LogP contribution is -2.11. The zero-order valence-corrected chi connectivity index (χ0v) is 21.4. The summed E-state index contributed by atoms with van der Waals surface area (Å²) in [4.78, 5) is 23.9. The number of benzene rings is 1. The van der Waals surface area contributed by atoms with E-state index in [1.165, 1.54) is 63.9 Å². The Kier molecular flexibility index (Phi) is 14.5. The Hall–Kier alpha value is -2.60. The Balaban J connectivity index is 1.60. The average Bonchev–Trinajstić information content (AvgIpc) is 2.84. The zero-order chi connectivity index (χ0) is 25.1. The first-order valence-electron chi connectivity index (χ1n) is 13.4. The standard InChI is InChI=1S/C29H43NO5/c1-2-3-4-5-6-7-8-9-10-11-12-13-14-15-16-17-28(31)34-24-22-26(33-21-20-30)25-18-19-29(32)35-27(25)23-24/h9-10,18-19,22-23H,2-8,11-17,20-21,30H2,1H3/b10-9-. The number of ether oxygens (including phenoxy) is 2. The Labute approximate surface area is 209 Å². The minimum atomic E-state index is -0.473. The summed E-state index contributed by atoms with van der Waals surface area (Å²) >= 11 is 0. The maximum Gasteiger partial charge on any atom is 0.336 e. The molecular weight excluding hydrogens is 442 g/mol. The highest BCUT2D eigenvalue weighted by atomic mass is 16.5. The Bertz CT molecular complexity index is 950. The van der Waals surface area contributed by atoms with Gasteiger partial charge in [-0.15, -0.1) is 0 Å². The zero-order valence-electron chi connectivity index (χ0n) is 21.4. The van der Waals surface area contributed by atoms with Gasteiger partial charge in [0.25, 0.3) is 0 Å². The van der Waals surface area contributed by atoms with Crippen LogP contribution in [0.2, 0.25) is 0 Å². The van der Waals surface area contributed by atoms with Gasteiger partial charge >= 0.3 is 11.6 Å². The van der Waals surface area contributed by atoms with Crippen molar-refractivity contribution in [3.63, 3.8) is 0 Å². The molecule has 0 fully saturated rings. The van der Waals surface area contributed by atoms with Crippen LogP contribution in [0.1, 0.15) is 96.8 Å². The van der Waals surface area contributed by atoms with Gasteiger partial charge in [-0.2, -0.15) is 0 Å². The predicted octanol–water partition coefficient (Wildman–Crippen LogP) is 7.07. The molecule has 0 aliphatic heterocycles. The minimum absolute atomic E-state index is 0.301. The third-order valence-corrected chi connectivity index (χ3v) is 5.92. The number of hydrogen-bond acceptors (Lipinski definition) is 6. The third kappa shape index (κ3) is 12.1. The van der Waals surface area contributed by atoms with E-state index >= 15 is 0 Å². The molecule has 0 saturated heterocycles. The Morgan fingerprint density at radius 3 is 2.26 bits per heavy atom. The van der Waals surface area contributed by atoms with Gasteiger partial charge in [0.2, 0.25) is 0 Å². The van der Waals surface area contributed by atoms with Crippen molar-refractivity contribution in [1.29, 1.82) is 0 Å². The number of unbranched alkanes of at least 4 members (excludes halogenated alkanes) is 11. The maximum atomic E-state index is 12.3. The third-order valence-electron chi connectivity index (χ3n) is 5.92. The molecule has 2 rings (SSSR count). The van der Waals surface area contributed by atoms with E-state index in [9.17, 15) is 9.59 Å². The quantitative estimate of drug-likeness (QED) is 0.0752. The fourth-order valence-electron chi connectivity index (χ4n) is 3.99. The molecule has 2 aromatic rings. The van der Waals surface area contributed by atoms with Gasteiger partial charge in [0.05, 0.1) is 5.39 Å². The van der Waals surface area contributed by atoms with Crippen LogP contribution in [-0.2, 0) is 4.79 Å². The van der Waals surface area contributed by atoms with E-state index in [0.29, 0.717) is 42.0 Å². The molecule has 6 nitrogen and oxygen atoms in total. The molecule has 0 unspecified atom stereocenters. The van der Waals surface area contributed by atoms with Crippen LogP contribution in [0.15, 0.2) is 45.6 Å². The first-order chi connectivity index (χ1) is 17.1. The van der Waals surface area contributed by atoms with Crippen LogP contribution in [-0.4, -0.2) is 19.1 Å². The fraction of sp³-hybridized carbons (Fsp3) is 0.586. The van der Waals surface area contributed by atoms with Gasteiger partial charge in [-0.05, 0) is 38.2 Å². The van der Waals surface area contributed by atoms with Gasteiger partial charge in [0, 0.05) is 31.2 Å². The molecule has 0 radical (unpaired) electrons. The highest BCUT2D eigenvalue weighted by Crippen LogP contribution is 2.31. The summed E-state index contributed by atoms with van der Waals surface area (Å²) < 4.78 is 16.4. The molecule has 1 aromatic carbocycles. The van der Waals surface area contributed by atoms with Crippen LogP contribution in [0.5, 0.6) is 11.5 Å². The van der Waals surface area contributed by atoms with E-state index in [1.54, 1.807) is 18.2 Å². The van der Waals surface area contributed by atoms with Crippen molar-refractivity contribution in [2.24, 2.45) is 5.73 Å². The van der Waals surface area contributed by atoms with Gasteiger partial charge in [0.1, 0.15) is 23.7 Å². The second-order valence-corrected chi connectivity index (χ2v) is 9.03. The summed E-state index contributed by atoms with van der Waals surface area (Å²) in [5.41, 5.74) is 5.37. The predicted molar refractivity (Wildman–Crippen MR) is 142 cm³/mol. The van der Waals surface area contributed by atoms with E-state index in [0.717, 1.165) is 25.7 Å². The van der Waals surface area contributed by atoms with Crippen LogP contribution >= 0.6 is 0 Å². The summed E-state index contributed by atoms with van der Waals surface area (Å²) in [5, 5.41) is 0.634. The van der Waals surface area contributed by atoms with Gasteiger partial charge in [-0.1, -0.05) is 70.4 Å². The van der Waals surface area contributed by atoms with Crippen molar-refractivity contribution in [2.45, 2.75) is 96.8 Å². The van der Waals surface area contributed by atoms with Crippen LogP contribution in [0, 0.1) is 0 Å². The largest absolute Gasteiger partial charge is 0.491 e. The molecule has 35 heavy (non-hydrogen) atoms. The molecule has 2 N–H and O–H groups in total. The number of carbonyl (C=O) groups is 1. The highest BCUT2D eigenvalue weighted by molar-refractivity contribution is 5.86. The van der Waals surface area contributed by atoms with Gasteiger partial charge in [-0.3, -0.25) is 4.79 Å². The topological polar surface area (TPSA) is 91.8 Å². The summed E-state index contributed by atoms with van der Waals surface area (Å²) in [5.74, 6) is 0.474. The van der Waals surface area contributed by atoms with Gasteiger partial charge < -0.3 is 19.6 Å². The Morgan fingerprint density at radius 2 is 1.57 bits per heavy atom. The Morgan fingerprint density at radius 1 is 0.914 bits per heavy atom. The molecule has 0 aliphatic rings. The smallest absolute Gasteiger partial charge is 0.336 e. The highest BCUT2D eigenvalue weighted by Gasteiger charge is 2.12. The SMILES string of the molecule is CCCCCCCC/C=C\CCCCCCCC(=O)Oc1cc(OCCN)c2ccc(=O)oc2c1. The molecule has 1 aromatic heterocycles. The molecule has 194 valence electrons. The molecule has 0 aliphatic carbocycles. The van der Waals surface area contributed by atoms with Gasteiger partial charge in [0.15, 0.2) is 0 Å². The van der Waals surface area contributed by atoms with Crippen molar-refractivity contribution in [2.75, 3.05) is 13.2 Å². The monoisotopic (exact) mass is 485 g/mol. The van der Waals surface area contributed by atoms with E-state index in [2.05, 4.69) is 19.1 Å². The first-order valence-corrected chi connectivity index (χ1v) is 13.4. The van der Waals surface area contributed by atoms with Gasteiger partial charge in [-0.25, -0.2) is 4.79 Å². The molecule has 0 atom stereocenters. The minimum Gasteiger partial charge on any atom is -0.491 e. The molecule has 0 amide bonds. The van der Waals surface area contributed by atoms with Crippen LogP contribution in [0.4, 0.5) is 0 Å². The molecule has 1 heterocycles. The number of rotatable bonds is 19. The van der Waals surface area contributed by atoms with Crippen molar-refractivity contribution in [3.05, 3.63) is 46.8 Å². The van der Waals surface area contributed by atoms with Crippen molar-refractivity contribution < 1.29 is 18.7 Å². The number of carbonyl (C=O) groups excluding carboxylic acids is 1. The fourth-order valence-corrected chi connectivity index (χ4v) is 3.99. The van der Waals surface area contributed by atoms with Crippen LogP contribution in [0.25, 0.3) is 11.0 Å². The molecule has 0 saturated carbocycles. The van der Waals surface area contributed by atoms with Crippen molar-refractivity contribution >= 4 is 16.9 Å². The lowest BCUT2D eigenvalue weighted by molar-refractivity contribution is -0.134. The number of allylic oxidation sites excluding steroid dienone is 2. The lowest BCUT2D eigenvalue weighted by atomic mass is 10.1. The first kappa shape index (κ1) is 28.6. The molecule has 0 spiro atoms. The summed E-state index contributed by atoms with van der Waals surface area (Å²) in [7, 11) is 0. The average molecular weight is 486 g/mol. The second kappa shape index (κ2) is 17.8. The van der Waals surface area contributed by atoms with Crippen molar-refractivity contribution in [1.82, 2.24) is 0 Å². The summed E-state index contributed by atoms with van der Waals surface area (Å²) in [6, 6.07) is 6.14. The molecule has 0 bridgehead atoms. The number of esters is 1. The van der Waals surface area contributed by atoms with Crippen molar-refractivity contribution in [3.8, 4) is 11.5 Å². The van der Waals surface area contributed by atoms with E-state index < -0.39 is 5.63 Å². The summed E-state index contributed by atoms with van der Waals surface area (Å²) in [6.45, 7) is 2.91. The maximum absolute atomic E-state index is 12.3. The summed E-state index contributed by atoms with van der Waals surface area (Å²) in [6.07, 6.45) is 20.8. The van der Waals surface area contributed by atoms with E-state index in [-0.39, 0.29) is 5.97 Å². The second-order valence-electron chi connectivity index (χ2n) is 9.03. The number of fused-ring (bicyclic) bond motifs is 1. The number of hydrogen-bond donors (Lipinski definition) is 1. The van der Waals surface area contributed by atoms with E-state index in [1.807, 2.05) is 0 Å². The number of nitrogens with two attached hydrogens (primary N) is 1. The molecular formula is C29H43NO5. The normalized spacial score (nSPS) is 11.4. The lowest BCUT2D eigenvalue weighted by Gasteiger charge is -2.11. The van der Waals surface area contributed by atoms with Crippen LogP contribution < -0.4 is 20.8 Å². The van der Waals surface area contributed by atoms with Crippen LogP contribution in [0.3, 0.4) is 0 Å². The van der Waals surface area contributed by atoms with E-state index in [4.69, 9.17) is 19.6 Å². The molecule has 6 heteroatoms.